The van der Waals surface area contributed by atoms with E-state index in [2.05, 4.69) is 26.6 Å². The van der Waals surface area contributed by atoms with Crippen LogP contribution < -0.4 is 20.1 Å². The molecule has 2 aromatic carbocycles. The summed E-state index contributed by atoms with van der Waals surface area (Å²) in [5.74, 6) is 0.969. The molecule has 3 rings (SSSR count). The Morgan fingerprint density at radius 2 is 1.92 bits per heavy atom. The summed E-state index contributed by atoms with van der Waals surface area (Å²) >= 11 is 8.48. The molecule has 26 heavy (non-hydrogen) atoms. The highest BCUT2D eigenvalue weighted by Crippen LogP contribution is 2.38. The van der Waals surface area contributed by atoms with E-state index in [9.17, 15) is 4.79 Å². The third-order valence-electron chi connectivity index (χ3n) is 3.59. The molecule has 1 aliphatic heterocycles. The van der Waals surface area contributed by atoms with E-state index in [1.807, 2.05) is 49.4 Å². The fraction of sp³-hybridized carbons (Fsp3) is 0.158. The molecule has 0 saturated carbocycles. The highest BCUT2D eigenvalue weighted by atomic mass is 79.9. The van der Waals surface area contributed by atoms with E-state index in [0.717, 1.165) is 15.6 Å². The van der Waals surface area contributed by atoms with Crippen LogP contribution in [0.2, 0.25) is 0 Å². The zero-order chi connectivity index (χ0) is 18.5. The summed E-state index contributed by atoms with van der Waals surface area (Å²) in [5.41, 5.74) is 2.24. The van der Waals surface area contributed by atoms with Gasteiger partial charge in [-0.3, -0.25) is 10.1 Å². The molecule has 134 valence electrons. The van der Waals surface area contributed by atoms with Crippen molar-refractivity contribution < 1.29 is 14.3 Å². The molecule has 0 bridgehead atoms. The van der Waals surface area contributed by atoms with Crippen molar-refractivity contribution in [3.63, 3.8) is 0 Å². The molecule has 7 heteroatoms. The number of hydrogen-bond donors (Lipinski definition) is 2. The lowest BCUT2D eigenvalue weighted by Crippen LogP contribution is -2.21. The first-order valence-electron chi connectivity index (χ1n) is 8.04. The Labute approximate surface area is 165 Å². The largest absolute Gasteiger partial charge is 0.490 e. The Bertz CT molecular complexity index is 869. The van der Waals surface area contributed by atoms with Crippen LogP contribution in [0, 0.1) is 0 Å². The van der Waals surface area contributed by atoms with Gasteiger partial charge in [0.15, 0.2) is 16.6 Å². The normalized spacial score (nSPS) is 14.9. The van der Waals surface area contributed by atoms with Gasteiger partial charge < -0.3 is 14.8 Å². The first kappa shape index (κ1) is 18.4. The summed E-state index contributed by atoms with van der Waals surface area (Å²) in [6.45, 7) is 2.83. The van der Waals surface area contributed by atoms with Gasteiger partial charge in [0.25, 0.3) is 5.91 Å². The minimum absolute atomic E-state index is 0.256. The van der Waals surface area contributed by atoms with Crippen molar-refractivity contribution in [3.8, 4) is 11.5 Å². The minimum atomic E-state index is -0.256. The Morgan fingerprint density at radius 1 is 1.15 bits per heavy atom. The fourth-order valence-corrected chi connectivity index (χ4v) is 3.23. The molecular formula is C19H17BrN2O3S. The van der Waals surface area contributed by atoms with Crippen molar-refractivity contribution >= 4 is 45.2 Å². The predicted octanol–water partition coefficient (Wildman–Crippen LogP) is 3.77. The van der Waals surface area contributed by atoms with Crippen LogP contribution in [0.3, 0.4) is 0 Å². The van der Waals surface area contributed by atoms with Crippen molar-refractivity contribution in [2.45, 2.75) is 13.5 Å². The Balaban J connectivity index is 1.87. The topological polar surface area (TPSA) is 59.6 Å². The lowest BCUT2D eigenvalue weighted by Gasteiger charge is -2.15. The molecule has 1 aliphatic rings. The van der Waals surface area contributed by atoms with Crippen molar-refractivity contribution in [2.75, 3.05) is 6.61 Å². The van der Waals surface area contributed by atoms with Gasteiger partial charge in [0, 0.05) is 0 Å². The second-order valence-corrected chi connectivity index (χ2v) is 6.77. The average Bonchev–Trinajstić information content (AvgIpc) is 2.92. The van der Waals surface area contributed by atoms with E-state index in [-0.39, 0.29) is 5.91 Å². The first-order valence-corrected chi connectivity index (χ1v) is 9.24. The van der Waals surface area contributed by atoms with Gasteiger partial charge in [0.05, 0.1) is 11.1 Å². The summed E-state index contributed by atoms with van der Waals surface area (Å²) in [4.78, 5) is 11.8. The van der Waals surface area contributed by atoms with E-state index in [0.29, 0.717) is 35.5 Å². The maximum atomic E-state index is 11.8. The number of thiocarbonyl (C=S) groups is 1. The van der Waals surface area contributed by atoms with E-state index in [4.69, 9.17) is 21.7 Å². The van der Waals surface area contributed by atoms with Crippen LogP contribution in [0.4, 0.5) is 0 Å². The Morgan fingerprint density at radius 3 is 2.58 bits per heavy atom. The number of amides is 1. The highest BCUT2D eigenvalue weighted by molar-refractivity contribution is 9.10. The second-order valence-electron chi connectivity index (χ2n) is 5.50. The summed E-state index contributed by atoms with van der Waals surface area (Å²) in [5, 5.41) is 5.66. The molecule has 0 spiro atoms. The molecule has 0 aromatic heterocycles. The monoisotopic (exact) mass is 432 g/mol. The van der Waals surface area contributed by atoms with Crippen LogP contribution >= 0.6 is 28.1 Å². The predicted molar refractivity (Wildman–Crippen MR) is 108 cm³/mol. The number of halogens is 1. The summed E-state index contributed by atoms with van der Waals surface area (Å²) in [7, 11) is 0. The summed E-state index contributed by atoms with van der Waals surface area (Å²) in [6.07, 6.45) is 1.71. The molecule has 1 saturated heterocycles. The molecule has 1 fully saturated rings. The Hall–Kier alpha value is -2.38. The van der Waals surface area contributed by atoms with Gasteiger partial charge in [-0.25, -0.2) is 0 Å². The number of ether oxygens (including phenoxy) is 2. The number of hydrogen-bond acceptors (Lipinski definition) is 4. The molecule has 5 nitrogen and oxygen atoms in total. The fourth-order valence-electron chi connectivity index (χ4n) is 2.45. The zero-order valence-corrected chi connectivity index (χ0v) is 16.4. The lowest BCUT2D eigenvalue weighted by atomic mass is 10.1. The molecule has 2 N–H and O–H groups in total. The quantitative estimate of drug-likeness (QED) is 0.537. The van der Waals surface area contributed by atoms with Crippen molar-refractivity contribution in [1.82, 2.24) is 10.6 Å². The van der Waals surface area contributed by atoms with Crippen LogP contribution in [-0.2, 0) is 11.4 Å². The van der Waals surface area contributed by atoms with E-state index in [1.165, 1.54) is 0 Å². The summed E-state index contributed by atoms with van der Waals surface area (Å²) < 4.78 is 12.4. The van der Waals surface area contributed by atoms with Crippen LogP contribution in [0.25, 0.3) is 6.08 Å². The van der Waals surface area contributed by atoms with Gasteiger partial charge in [0.1, 0.15) is 12.3 Å². The number of benzene rings is 2. The van der Waals surface area contributed by atoms with Crippen LogP contribution in [-0.4, -0.2) is 17.6 Å². The molecule has 0 unspecified atom stereocenters. The van der Waals surface area contributed by atoms with Gasteiger partial charge in [-0.1, -0.05) is 30.3 Å². The smallest absolute Gasteiger partial charge is 0.273 e. The van der Waals surface area contributed by atoms with Gasteiger partial charge in [0.2, 0.25) is 0 Å². The average molecular weight is 433 g/mol. The van der Waals surface area contributed by atoms with Crippen molar-refractivity contribution in [1.29, 1.82) is 0 Å². The van der Waals surface area contributed by atoms with Gasteiger partial charge in [-0.15, -0.1) is 0 Å². The number of nitrogens with one attached hydrogen (secondary N) is 2. The maximum absolute atomic E-state index is 11.8. The SMILES string of the molecule is CCOc1cc(C=C2NC(=S)NC2=O)cc(Br)c1OCc1ccccc1. The molecule has 0 atom stereocenters. The van der Waals surface area contributed by atoms with Crippen LogP contribution in [0.15, 0.2) is 52.6 Å². The minimum Gasteiger partial charge on any atom is -0.490 e. The number of carbonyl (C=O) groups excluding carboxylic acids is 1. The molecule has 1 amide bonds. The second kappa shape index (κ2) is 8.33. The molecule has 2 aromatic rings. The number of carbonyl (C=O) groups is 1. The maximum Gasteiger partial charge on any atom is 0.273 e. The van der Waals surface area contributed by atoms with E-state index < -0.39 is 0 Å². The van der Waals surface area contributed by atoms with Crippen molar-refractivity contribution in [2.24, 2.45) is 0 Å². The van der Waals surface area contributed by atoms with E-state index >= 15 is 0 Å². The van der Waals surface area contributed by atoms with Crippen LogP contribution in [0.5, 0.6) is 11.5 Å². The third-order valence-corrected chi connectivity index (χ3v) is 4.38. The van der Waals surface area contributed by atoms with Crippen molar-refractivity contribution in [3.05, 3.63) is 63.8 Å². The lowest BCUT2D eigenvalue weighted by molar-refractivity contribution is -0.115. The zero-order valence-electron chi connectivity index (χ0n) is 14.0. The highest BCUT2D eigenvalue weighted by Gasteiger charge is 2.20. The molecular weight excluding hydrogens is 416 g/mol. The van der Waals surface area contributed by atoms with Gasteiger partial charge in [-0.05, 0) is 64.4 Å². The van der Waals surface area contributed by atoms with E-state index in [1.54, 1.807) is 6.08 Å². The van der Waals surface area contributed by atoms with Gasteiger partial charge >= 0.3 is 0 Å². The first-order chi connectivity index (χ1) is 12.6. The van der Waals surface area contributed by atoms with Crippen LogP contribution in [0.1, 0.15) is 18.1 Å². The Kier molecular flexibility index (Phi) is 5.90. The van der Waals surface area contributed by atoms with Gasteiger partial charge in [-0.2, -0.15) is 0 Å². The molecule has 0 aliphatic carbocycles. The standard InChI is InChI=1S/C19H17BrN2O3S/c1-2-24-16-10-13(9-15-18(23)22-19(26)21-15)8-14(20)17(16)25-11-12-6-4-3-5-7-12/h3-10H,2,11H2,1H3,(H2,21,22,23,26). The molecule has 1 heterocycles. The summed E-state index contributed by atoms with van der Waals surface area (Å²) in [6, 6.07) is 13.6. The third kappa shape index (κ3) is 4.42. The number of rotatable bonds is 6. The molecule has 0 radical (unpaired) electrons.